The molecule has 1 aliphatic rings. The molecule has 0 aromatic heterocycles. The fourth-order valence-electron chi connectivity index (χ4n) is 3.58. The zero-order chi connectivity index (χ0) is 22.4. The maximum atomic E-state index is 12.9. The monoisotopic (exact) mass is 426 g/mol. The molecule has 7 heteroatoms. The predicted octanol–water partition coefficient (Wildman–Crippen LogP) is 3.55. The standard InChI is InChI=1S/C24H27FN2O4/c1-3-16(2)20-6-4-5-7-21(20)27-14-18(12-23(27)29)24(30)31-15-22(28)26-13-17-8-10-19(25)11-9-17/h4-11,16,18H,3,12-15H2,1-2H3,(H,26,28)/t16-,18+/m1/s1. The van der Waals surface area contributed by atoms with E-state index in [2.05, 4.69) is 19.2 Å². The van der Waals surface area contributed by atoms with Crippen LogP contribution in [0.2, 0.25) is 0 Å². The van der Waals surface area contributed by atoms with Gasteiger partial charge in [-0.3, -0.25) is 14.4 Å². The van der Waals surface area contributed by atoms with Gasteiger partial charge in [-0.1, -0.05) is 44.2 Å². The first-order valence-corrected chi connectivity index (χ1v) is 10.5. The second kappa shape index (κ2) is 10.2. The fourth-order valence-corrected chi connectivity index (χ4v) is 3.58. The van der Waals surface area contributed by atoms with E-state index in [1.165, 1.54) is 12.1 Å². The second-order valence-electron chi connectivity index (χ2n) is 7.78. The highest BCUT2D eigenvalue weighted by Gasteiger charge is 2.37. The third kappa shape index (κ3) is 5.69. The minimum atomic E-state index is -0.609. The summed E-state index contributed by atoms with van der Waals surface area (Å²) in [6.45, 7) is 4.22. The maximum absolute atomic E-state index is 12.9. The molecule has 1 heterocycles. The summed E-state index contributed by atoms with van der Waals surface area (Å²) in [7, 11) is 0. The van der Waals surface area contributed by atoms with E-state index >= 15 is 0 Å². The van der Waals surface area contributed by atoms with Crippen molar-refractivity contribution in [3.63, 3.8) is 0 Å². The highest BCUT2D eigenvalue weighted by atomic mass is 19.1. The second-order valence-corrected chi connectivity index (χ2v) is 7.78. The van der Waals surface area contributed by atoms with E-state index in [4.69, 9.17) is 4.74 Å². The largest absolute Gasteiger partial charge is 0.455 e. The molecule has 0 saturated carbocycles. The van der Waals surface area contributed by atoms with Crippen LogP contribution in [0.3, 0.4) is 0 Å². The number of nitrogens with one attached hydrogen (secondary N) is 1. The number of hydrogen-bond acceptors (Lipinski definition) is 4. The molecule has 2 aromatic carbocycles. The maximum Gasteiger partial charge on any atom is 0.311 e. The van der Waals surface area contributed by atoms with Crippen LogP contribution in [0.25, 0.3) is 0 Å². The molecule has 0 radical (unpaired) electrons. The summed E-state index contributed by atoms with van der Waals surface area (Å²) in [5.74, 6) is -1.81. The quantitative estimate of drug-likeness (QED) is 0.655. The Morgan fingerprint density at radius 3 is 2.61 bits per heavy atom. The Balaban J connectivity index is 1.52. The Hall–Kier alpha value is -3.22. The Kier molecular flexibility index (Phi) is 7.39. The van der Waals surface area contributed by atoms with Gasteiger partial charge in [0.05, 0.1) is 5.92 Å². The lowest BCUT2D eigenvalue weighted by Gasteiger charge is -2.23. The van der Waals surface area contributed by atoms with E-state index in [1.807, 2.05) is 24.3 Å². The van der Waals surface area contributed by atoms with E-state index in [0.717, 1.165) is 23.2 Å². The third-order valence-electron chi connectivity index (χ3n) is 5.58. The van der Waals surface area contributed by atoms with E-state index in [-0.39, 0.29) is 31.2 Å². The predicted molar refractivity (Wildman–Crippen MR) is 115 cm³/mol. The van der Waals surface area contributed by atoms with Gasteiger partial charge in [-0.05, 0) is 41.7 Å². The van der Waals surface area contributed by atoms with Crippen molar-refractivity contribution in [3.05, 3.63) is 65.5 Å². The lowest BCUT2D eigenvalue weighted by Crippen LogP contribution is -2.31. The molecule has 1 saturated heterocycles. The number of hydrogen-bond donors (Lipinski definition) is 1. The summed E-state index contributed by atoms with van der Waals surface area (Å²) in [6, 6.07) is 13.5. The van der Waals surface area contributed by atoms with Gasteiger partial charge in [0, 0.05) is 25.2 Å². The molecule has 3 rings (SSSR count). The Morgan fingerprint density at radius 2 is 1.90 bits per heavy atom. The van der Waals surface area contributed by atoms with Crippen LogP contribution in [0.15, 0.2) is 48.5 Å². The highest BCUT2D eigenvalue weighted by Crippen LogP contribution is 2.33. The summed E-state index contributed by atoms with van der Waals surface area (Å²) >= 11 is 0. The van der Waals surface area contributed by atoms with Gasteiger partial charge in [0.1, 0.15) is 5.82 Å². The van der Waals surface area contributed by atoms with Gasteiger partial charge in [-0.2, -0.15) is 0 Å². The summed E-state index contributed by atoms with van der Waals surface area (Å²) in [4.78, 5) is 38.6. The number of carbonyl (C=O) groups excluding carboxylic acids is 3. The van der Waals surface area contributed by atoms with Crippen molar-refractivity contribution in [2.24, 2.45) is 5.92 Å². The van der Waals surface area contributed by atoms with E-state index < -0.39 is 24.4 Å². The lowest BCUT2D eigenvalue weighted by atomic mass is 9.96. The first-order valence-electron chi connectivity index (χ1n) is 10.5. The van der Waals surface area contributed by atoms with E-state index in [1.54, 1.807) is 17.0 Å². The minimum Gasteiger partial charge on any atom is -0.455 e. The molecule has 1 N–H and O–H groups in total. The van der Waals surface area contributed by atoms with Gasteiger partial charge in [-0.25, -0.2) is 4.39 Å². The number of amides is 2. The van der Waals surface area contributed by atoms with Crippen molar-refractivity contribution in [3.8, 4) is 0 Å². The van der Waals surface area contributed by atoms with Crippen LogP contribution < -0.4 is 10.2 Å². The zero-order valence-electron chi connectivity index (χ0n) is 17.8. The highest BCUT2D eigenvalue weighted by molar-refractivity contribution is 6.00. The Morgan fingerprint density at radius 1 is 1.19 bits per heavy atom. The molecule has 1 fully saturated rings. The molecule has 2 amide bonds. The number of esters is 1. The van der Waals surface area contributed by atoms with Crippen LogP contribution in [0.1, 0.15) is 43.7 Å². The first kappa shape index (κ1) is 22.5. The number of ether oxygens (including phenoxy) is 1. The lowest BCUT2D eigenvalue weighted by molar-refractivity contribution is -0.152. The average molecular weight is 426 g/mol. The number of para-hydroxylation sites is 1. The summed E-state index contributed by atoms with van der Waals surface area (Å²) < 4.78 is 18.1. The van der Waals surface area contributed by atoms with Crippen LogP contribution in [0.4, 0.5) is 10.1 Å². The molecule has 164 valence electrons. The molecule has 0 bridgehead atoms. The van der Waals surface area contributed by atoms with Crippen molar-refractivity contribution >= 4 is 23.5 Å². The van der Waals surface area contributed by atoms with Gasteiger partial charge in [0.25, 0.3) is 5.91 Å². The first-order chi connectivity index (χ1) is 14.9. The Labute approximate surface area is 181 Å². The summed E-state index contributed by atoms with van der Waals surface area (Å²) in [6.07, 6.45) is 1.00. The SMILES string of the molecule is CC[C@@H](C)c1ccccc1N1C[C@@H](C(=O)OCC(=O)NCc2ccc(F)cc2)CC1=O. The van der Waals surface area contributed by atoms with Crippen LogP contribution in [-0.4, -0.2) is 30.9 Å². The van der Waals surface area contributed by atoms with Crippen molar-refractivity contribution in [2.45, 2.75) is 39.2 Å². The zero-order valence-corrected chi connectivity index (χ0v) is 17.8. The molecule has 0 aliphatic carbocycles. The molecule has 31 heavy (non-hydrogen) atoms. The minimum absolute atomic E-state index is 0.0604. The number of halogens is 1. The fraction of sp³-hybridized carbons (Fsp3) is 0.375. The molecule has 0 unspecified atom stereocenters. The number of carbonyl (C=O) groups is 3. The van der Waals surface area contributed by atoms with Gasteiger partial charge in [0.2, 0.25) is 5.91 Å². The topological polar surface area (TPSA) is 75.7 Å². The number of benzene rings is 2. The van der Waals surface area contributed by atoms with Gasteiger partial charge >= 0.3 is 5.97 Å². The van der Waals surface area contributed by atoms with Crippen LogP contribution >= 0.6 is 0 Å². The average Bonchev–Trinajstić information content (AvgIpc) is 3.18. The van der Waals surface area contributed by atoms with Crippen molar-refractivity contribution in [2.75, 3.05) is 18.1 Å². The van der Waals surface area contributed by atoms with Gasteiger partial charge < -0.3 is 15.0 Å². The van der Waals surface area contributed by atoms with Gasteiger partial charge in [-0.15, -0.1) is 0 Å². The molecule has 0 spiro atoms. The Bertz CT molecular complexity index is 945. The molecule has 2 atom stereocenters. The normalized spacial score (nSPS) is 16.8. The third-order valence-corrected chi connectivity index (χ3v) is 5.58. The van der Waals surface area contributed by atoms with Crippen molar-refractivity contribution < 1.29 is 23.5 Å². The molecule has 1 aliphatic heterocycles. The van der Waals surface area contributed by atoms with Crippen molar-refractivity contribution in [1.29, 1.82) is 0 Å². The van der Waals surface area contributed by atoms with Crippen LogP contribution in [-0.2, 0) is 25.7 Å². The molecule has 2 aromatic rings. The molecule has 6 nitrogen and oxygen atoms in total. The van der Waals surface area contributed by atoms with Crippen LogP contribution in [0.5, 0.6) is 0 Å². The number of rotatable bonds is 8. The van der Waals surface area contributed by atoms with Crippen LogP contribution in [0, 0.1) is 11.7 Å². The molecular formula is C24H27FN2O4. The van der Waals surface area contributed by atoms with E-state index in [9.17, 15) is 18.8 Å². The number of nitrogens with zero attached hydrogens (tertiary/aromatic N) is 1. The van der Waals surface area contributed by atoms with Crippen molar-refractivity contribution in [1.82, 2.24) is 5.32 Å². The van der Waals surface area contributed by atoms with E-state index in [0.29, 0.717) is 5.92 Å². The summed E-state index contributed by atoms with van der Waals surface area (Å²) in [5, 5.41) is 2.62. The smallest absolute Gasteiger partial charge is 0.311 e. The van der Waals surface area contributed by atoms with Gasteiger partial charge in [0.15, 0.2) is 6.61 Å². The summed E-state index contributed by atoms with van der Waals surface area (Å²) in [5.41, 5.74) is 2.64. The number of anilines is 1. The molecular weight excluding hydrogens is 399 g/mol.